The van der Waals surface area contributed by atoms with Crippen LogP contribution in [0.3, 0.4) is 0 Å². The number of nitrogens with one attached hydrogen (secondary N) is 1. The van der Waals surface area contributed by atoms with Crippen LogP contribution in [0, 0.1) is 13.8 Å². The summed E-state index contributed by atoms with van der Waals surface area (Å²) >= 11 is 5.02. The second-order valence-electron chi connectivity index (χ2n) is 4.65. The zero-order valence-electron chi connectivity index (χ0n) is 11.5. The molecule has 1 atom stereocenters. The van der Waals surface area contributed by atoms with Gasteiger partial charge in [0.1, 0.15) is 5.82 Å². The number of hydrogen-bond donors (Lipinski definition) is 2. The van der Waals surface area contributed by atoms with Crippen molar-refractivity contribution in [2.45, 2.75) is 26.8 Å². The number of aromatic nitrogens is 1. The van der Waals surface area contributed by atoms with Crippen LogP contribution in [0.5, 0.6) is 0 Å². The highest BCUT2D eigenvalue weighted by Crippen LogP contribution is 2.26. The molecule has 6 heteroatoms. The number of pyridine rings is 1. The van der Waals surface area contributed by atoms with Crippen LogP contribution in [0.1, 0.15) is 38.6 Å². The standard InChI is InChI=1S/C14H16BrN3OS/c1-7-4-11(9(3)20-7)8(2)18-14(19)12-5-10(15)6-17-13(12)16/h4-6,8H,1-3H3,(H2,16,17)(H,18,19). The Morgan fingerprint density at radius 2 is 2.15 bits per heavy atom. The van der Waals surface area contributed by atoms with E-state index >= 15 is 0 Å². The van der Waals surface area contributed by atoms with Crippen LogP contribution in [-0.2, 0) is 0 Å². The third-order valence-corrected chi connectivity index (χ3v) is 4.44. The molecular weight excluding hydrogens is 338 g/mol. The Bertz CT molecular complexity index is 654. The molecule has 106 valence electrons. The lowest BCUT2D eigenvalue weighted by molar-refractivity contribution is 0.0940. The van der Waals surface area contributed by atoms with E-state index in [4.69, 9.17) is 5.73 Å². The molecule has 0 aliphatic rings. The van der Waals surface area contributed by atoms with Gasteiger partial charge in [-0.05, 0) is 54.4 Å². The second-order valence-corrected chi connectivity index (χ2v) is 7.03. The molecule has 0 saturated carbocycles. The zero-order chi connectivity index (χ0) is 14.9. The number of hydrogen-bond acceptors (Lipinski definition) is 4. The van der Waals surface area contributed by atoms with E-state index in [1.54, 1.807) is 23.6 Å². The van der Waals surface area contributed by atoms with Gasteiger partial charge in [-0.2, -0.15) is 0 Å². The van der Waals surface area contributed by atoms with Crippen molar-refractivity contribution in [1.82, 2.24) is 10.3 Å². The van der Waals surface area contributed by atoms with Gasteiger partial charge in [0.15, 0.2) is 0 Å². The van der Waals surface area contributed by atoms with E-state index in [1.165, 1.54) is 9.75 Å². The number of nitrogen functional groups attached to an aromatic ring is 1. The number of anilines is 1. The number of halogens is 1. The maximum absolute atomic E-state index is 12.3. The van der Waals surface area contributed by atoms with Gasteiger partial charge in [0.25, 0.3) is 5.91 Å². The van der Waals surface area contributed by atoms with Gasteiger partial charge in [0.05, 0.1) is 11.6 Å². The van der Waals surface area contributed by atoms with Crippen LogP contribution in [0.2, 0.25) is 0 Å². The highest BCUT2D eigenvalue weighted by Gasteiger charge is 2.17. The molecule has 2 heterocycles. The first-order valence-corrected chi connectivity index (χ1v) is 7.78. The minimum Gasteiger partial charge on any atom is -0.383 e. The number of aryl methyl sites for hydroxylation is 2. The van der Waals surface area contributed by atoms with Crippen LogP contribution in [0.15, 0.2) is 22.8 Å². The molecule has 0 saturated heterocycles. The predicted octanol–water partition coefficient (Wildman–Crippen LogP) is 3.60. The molecule has 0 bridgehead atoms. The van der Waals surface area contributed by atoms with Crippen molar-refractivity contribution >= 4 is 39.0 Å². The smallest absolute Gasteiger partial charge is 0.255 e. The van der Waals surface area contributed by atoms with Crippen molar-refractivity contribution in [2.75, 3.05) is 5.73 Å². The van der Waals surface area contributed by atoms with E-state index < -0.39 is 0 Å². The highest BCUT2D eigenvalue weighted by molar-refractivity contribution is 9.10. The molecule has 1 amide bonds. The van der Waals surface area contributed by atoms with E-state index in [1.807, 2.05) is 6.92 Å². The first-order chi connectivity index (χ1) is 9.38. The number of thiophene rings is 1. The lowest BCUT2D eigenvalue weighted by Gasteiger charge is -2.14. The molecule has 4 nitrogen and oxygen atoms in total. The average molecular weight is 354 g/mol. The molecule has 0 fully saturated rings. The topological polar surface area (TPSA) is 68.0 Å². The molecular formula is C14H16BrN3OS. The molecule has 0 radical (unpaired) electrons. The van der Waals surface area contributed by atoms with Crippen molar-refractivity contribution in [3.8, 4) is 0 Å². The first-order valence-electron chi connectivity index (χ1n) is 6.17. The van der Waals surface area contributed by atoms with Gasteiger partial charge < -0.3 is 11.1 Å². The van der Waals surface area contributed by atoms with E-state index in [-0.39, 0.29) is 17.8 Å². The Morgan fingerprint density at radius 3 is 2.75 bits per heavy atom. The van der Waals surface area contributed by atoms with Gasteiger partial charge in [-0.15, -0.1) is 11.3 Å². The van der Waals surface area contributed by atoms with Crippen molar-refractivity contribution in [2.24, 2.45) is 0 Å². The number of nitrogens with two attached hydrogens (primary N) is 1. The molecule has 3 N–H and O–H groups in total. The summed E-state index contributed by atoms with van der Waals surface area (Å²) in [4.78, 5) is 18.7. The fourth-order valence-electron chi connectivity index (χ4n) is 2.06. The molecule has 1 unspecified atom stereocenters. The third kappa shape index (κ3) is 3.19. The number of rotatable bonds is 3. The Labute approximate surface area is 130 Å². The van der Waals surface area contributed by atoms with E-state index in [2.05, 4.69) is 46.1 Å². The molecule has 0 aliphatic heterocycles. The lowest BCUT2D eigenvalue weighted by atomic mass is 10.1. The zero-order valence-corrected chi connectivity index (χ0v) is 13.9. The van der Waals surface area contributed by atoms with Crippen molar-refractivity contribution in [3.63, 3.8) is 0 Å². The monoisotopic (exact) mass is 353 g/mol. The van der Waals surface area contributed by atoms with Crippen LogP contribution in [0.25, 0.3) is 0 Å². The van der Waals surface area contributed by atoms with E-state index in [0.717, 1.165) is 10.0 Å². The predicted molar refractivity (Wildman–Crippen MR) is 86.0 cm³/mol. The van der Waals surface area contributed by atoms with Crippen LogP contribution < -0.4 is 11.1 Å². The number of amides is 1. The van der Waals surface area contributed by atoms with Crippen LogP contribution in [0.4, 0.5) is 5.82 Å². The Hall–Kier alpha value is -1.40. The molecule has 0 aliphatic carbocycles. The van der Waals surface area contributed by atoms with Gasteiger partial charge >= 0.3 is 0 Å². The van der Waals surface area contributed by atoms with Gasteiger partial charge in [-0.25, -0.2) is 4.98 Å². The van der Waals surface area contributed by atoms with Crippen LogP contribution >= 0.6 is 27.3 Å². The number of nitrogens with zero attached hydrogens (tertiary/aromatic N) is 1. The highest BCUT2D eigenvalue weighted by atomic mass is 79.9. The van der Waals surface area contributed by atoms with Gasteiger partial charge in [-0.3, -0.25) is 4.79 Å². The SMILES string of the molecule is Cc1cc(C(C)NC(=O)c2cc(Br)cnc2N)c(C)s1. The maximum Gasteiger partial charge on any atom is 0.255 e. The molecule has 2 aromatic rings. The Morgan fingerprint density at radius 1 is 1.45 bits per heavy atom. The molecule has 2 aromatic heterocycles. The van der Waals surface area contributed by atoms with Gasteiger partial charge in [0, 0.05) is 20.4 Å². The largest absolute Gasteiger partial charge is 0.383 e. The first kappa shape index (κ1) is 15.0. The maximum atomic E-state index is 12.3. The van der Waals surface area contributed by atoms with E-state index in [9.17, 15) is 4.79 Å². The Kier molecular flexibility index (Phi) is 4.45. The lowest BCUT2D eigenvalue weighted by Crippen LogP contribution is -2.27. The van der Waals surface area contributed by atoms with Crippen molar-refractivity contribution < 1.29 is 4.79 Å². The summed E-state index contributed by atoms with van der Waals surface area (Å²) in [5.74, 6) is 0.0168. The summed E-state index contributed by atoms with van der Waals surface area (Å²) < 4.78 is 0.729. The van der Waals surface area contributed by atoms with Crippen molar-refractivity contribution in [3.05, 3.63) is 43.7 Å². The summed E-state index contributed by atoms with van der Waals surface area (Å²) in [7, 11) is 0. The summed E-state index contributed by atoms with van der Waals surface area (Å²) in [5, 5.41) is 2.96. The fraction of sp³-hybridized carbons (Fsp3) is 0.286. The molecule has 2 rings (SSSR count). The van der Waals surface area contributed by atoms with E-state index in [0.29, 0.717) is 5.56 Å². The quantitative estimate of drug-likeness (QED) is 0.885. The Balaban J connectivity index is 2.19. The van der Waals surface area contributed by atoms with Crippen molar-refractivity contribution in [1.29, 1.82) is 0 Å². The average Bonchev–Trinajstić information content (AvgIpc) is 2.71. The summed E-state index contributed by atoms with van der Waals surface area (Å²) in [6.45, 7) is 6.09. The summed E-state index contributed by atoms with van der Waals surface area (Å²) in [6.07, 6.45) is 1.57. The normalized spacial score (nSPS) is 12.2. The third-order valence-electron chi connectivity index (χ3n) is 3.02. The second kappa shape index (κ2) is 5.93. The minimum absolute atomic E-state index is 0.0640. The molecule has 0 spiro atoms. The van der Waals surface area contributed by atoms with Gasteiger partial charge in [0.2, 0.25) is 0 Å². The summed E-state index contributed by atoms with van der Waals surface area (Å²) in [5.41, 5.74) is 7.27. The fourth-order valence-corrected chi connectivity index (χ4v) is 3.42. The molecule has 0 aromatic carbocycles. The minimum atomic E-state index is -0.216. The number of carbonyl (C=O) groups is 1. The summed E-state index contributed by atoms with van der Waals surface area (Å²) in [6, 6.07) is 3.72. The van der Waals surface area contributed by atoms with Crippen LogP contribution in [-0.4, -0.2) is 10.9 Å². The molecule has 20 heavy (non-hydrogen) atoms. The number of carbonyl (C=O) groups excluding carboxylic acids is 1. The van der Waals surface area contributed by atoms with Gasteiger partial charge in [-0.1, -0.05) is 0 Å².